The monoisotopic (exact) mass is 478 g/mol. The van der Waals surface area contributed by atoms with Gasteiger partial charge in [-0.1, -0.05) is 41.9 Å². The first-order valence-corrected chi connectivity index (χ1v) is 11.0. The van der Waals surface area contributed by atoms with Gasteiger partial charge < -0.3 is 10.6 Å². The van der Waals surface area contributed by atoms with Crippen molar-refractivity contribution in [1.82, 2.24) is 35.1 Å². The van der Waals surface area contributed by atoms with E-state index in [2.05, 4.69) is 31.1 Å². The molecule has 0 unspecified atom stereocenters. The third-order valence-electron chi connectivity index (χ3n) is 5.22. The van der Waals surface area contributed by atoms with Crippen molar-refractivity contribution in [2.24, 2.45) is 0 Å². The van der Waals surface area contributed by atoms with Crippen LogP contribution in [0.1, 0.15) is 16.8 Å². The lowest BCUT2D eigenvalue weighted by Crippen LogP contribution is -2.34. The van der Waals surface area contributed by atoms with Crippen molar-refractivity contribution in [2.45, 2.75) is 26.4 Å². The minimum Gasteiger partial charge on any atom is -0.365 e. The summed E-state index contributed by atoms with van der Waals surface area (Å²) in [6, 6.07) is 15.2. The van der Waals surface area contributed by atoms with Gasteiger partial charge in [0.2, 0.25) is 5.91 Å². The summed E-state index contributed by atoms with van der Waals surface area (Å²) < 4.78 is 2.89. The molecule has 1 amide bonds. The van der Waals surface area contributed by atoms with E-state index in [1.807, 2.05) is 30.3 Å². The SMILES string of the molecule is Cc1cnc(NCCc2ccccc2)c(=O)n1CC(=O)NCc1cc(Cl)ccc1-n1cnnn1. The molecule has 4 rings (SSSR count). The predicted octanol–water partition coefficient (Wildman–Crippen LogP) is 2.15. The maximum Gasteiger partial charge on any atom is 0.293 e. The molecule has 0 aliphatic carbocycles. The van der Waals surface area contributed by atoms with E-state index in [0.717, 1.165) is 17.5 Å². The summed E-state index contributed by atoms with van der Waals surface area (Å²) in [5.41, 5.74) is 2.82. The Morgan fingerprint density at radius 2 is 1.97 bits per heavy atom. The van der Waals surface area contributed by atoms with Gasteiger partial charge >= 0.3 is 0 Å². The van der Waals surface area contributed by atoms with Crippen LogP contribution in [0.5, 0.6) is 0 Å². The quantitative estimate of drug-likeness (QED) is 0.378. The molecular weight excluding hydrogens is 456 g/mol. The lowest BCUT2D eigenvalue weighted by atomic mass is 10.1. The van der Waals surface area contributed by atoms with Crippen molar-refractivity contribution in [3.63, 3.8) is 0 Å². The lowest BCUT2D eigenvalue weighted by molar-refractivity contribution is -0.121. The molecule has 2 aromatic heterocycles. The zero-order chi connectivity index (χ0) is 23.9. The van der Waals surface area contributed by atoms with Crippen LogP contribution in [-0.4, -0.2) is 42.2 Å². The van der Waals surface area contributed by atoms with Gasteiger partial charge in [-0.3, -0.25) is 14.2 Å². The average Bonchev–Trinajstić information content (AvgIpc) is 3.37. The Hall–Kier alpha value is -4.05. The molecule has 0 radical (unpaired) electrons. The Morgan fingerprint density at radius 1 is 1.15 bits per heavy atom. The molecule has 0 atom stereocenters. The Kier molecular flexibility index (Phi) is 7.28. The van der Waals surface area contributed by atoms with E-state index in [-0.39, 0.29) is 30.4 Å². The second kappa shape index (κ2) is 10.7. The molecule has 0 fully saturated rings. The van der Waals surface area contributed by atoms with Crippen LogP contribution in [-0.2, 0) is 24.3 Å². The van der Waals surface area contributed by atoms with E-state index < -0.39 is 0 Å². The number of nitrogens with zero attached hydrogens (tertiary/aromatic N) is 6. The topological polar surface area (TPSA) is 120 Å². The second-order valence-electron chi connectivity index (χ2n) is 7.61. The molecule has 2 N–H and O–H groups in total. The summed E-state index contributed by atoms with van der Waals surface area (Å²) in [5.74, 6) is -0.112. The van der Waals surface area contributed by atoms with Gasteiger partial charge in [0, 0.05) is 30.0 Å². The second-order valence-corrected chi connectivity index (χ2v) is 8.04. The van der Waals surface area contributed by atoms with Crippen LogP contribution in [0.4, 0.5) is 5.82 Å². The highest BCUT2D eigenvalue weighted by atomic mass is 35.5. The maximum atomic E-state index is 12.9. The van der Waals surface area contributed by atoms with E-state index >= 15 is 0 Å². The smallest absolute Gasteiger partial charge is 0.293 e. The standard InChI is InChI=1S/C23H23ClN8O2/c1-16-12-27-22(25-10-9-17-5-3-2-4-6-17)23(34)31(16)14-21(33)26-13-18-11-19(24)7-8-20(18)32-15-28-29-30-32/h2-8,11-12,15H,9-10,13-14H2,1H3,(H,25,27)(H,26,33). The molecular formula is C23H23ClN8O2. The summed E-state index contributed by atoms with van der Waals surface area (Å²) in [5, 5.41) is 17.6. The number of tetrazole rings is 1. The first-order valence-electron chi connectivity index (χ1n) is 10.6. The molecule has 10 nitrogen and oxygen atoms in total. The molecule has 4 aromatic rings. The number of aromatic nitrogens is 6. The highest BCUT2D eigenvalue weighted by Gasteiger charge is 2.13. The zero-order valence-electron chi connectivity index (χ0n) is 18.5. The van der Waals surface area contributed by atoms with Gasteiger partial charge in [0.05, 0.1) is 5.69 Å². The first-order chi connectivity index (χ1) is 16.5. The van der Waals surface area contributed by atoms with Gasteiger partial charge in [-0.15, -0.1) is 5.10 Å². The van der Waals surface area contributed by atoms with Crippen LogP contribution in [0.3, 0.4) is 0 Å². The number of benzene rings is 2. The van der Waals surface area contributed by atoms with Crippen LogP contribution in [0.2, 0.25) is 5.02 Å². The summed E-state index contributed by atoms with van der Waals surface area (Å²) in [4.78, 5) is 29.8. The molecule has 0 aliphatic rings. The Balaban J connectivity index is 1.41. The largest absolute Gasteiger partial charge is 0.365 e. The number of nitrogens with one attached hydrogen (secondary N) is 2. The van der Waals surface area contributed by atoms with Crippen LogP contribution in [0.25, 0.3) is 5.69 Å². The van der Waals surface area contributed by atoms with Crippen molar-refractivity contribution >= 4 is 23.3 Å². The maximum absolute atomic E-state index is 12.9. The molecule has 0 aliphatic heterocycles. The van der Waals surface area contributed by atoms with Crippen LogP contribution >= 0.6 is 11.6 Å². The summed E-state index contributed by atoms with van der Waals surface area (Å²) in [6.07, 6.45) is 3.78. The molecule has 0 spiro atoms. The molecule has 34 heavy (non-hydrogen) atoms. The highest BCUT2D eigenvalue weighted by molar-refractivity contribution is 6.30. The predicted molar refractivity (Wildman–Crippen MR) is 128 cm³/mol. The first kappa shape index (κ1) is 23.1. The van der Waals surface area contributed by atoms with Gasteiger partial charge in [0.25, 0.3) is 5.56 Å². The van der Waals surface area contributed by atoms with Gasteiger partial charge in [0.1, 0.15) is 12.9 Å². The fourth-order valence-corrected chi connectivity index (χ4v) is 3.64. The zero-order valence-corrected chi connectivity index (χ0v) is 19.2. The van der Waals surface area contributed by atoms with E-state index in [1.54, 1.807) is 31.3 Å². The molecule has 11 heteroatoms. The number of anilines is 1. The molecule has 2 heterocycles. The van der Waals surface area contributed by atoms with Gasteiger partial charge in [-0.2, -0.15) is 0 Å². The number of aryl methyl sites for hydroxylation is 1. The van der Waals surface area contributed by atoms with E-state index in [4.69, 9.17) is 11.6 Å². The van der Waals surface area contributed by atoms with Crippen LogP contribution < -0.4 is 16.2 Å². The van der Waals surface area contributed by atoms with E-state index in [0.29, 0.717) is 22.9 Å². The van der Waals surface area contributed by atoms with Gasteiger partial charge in [-0.25, -0.2) is 9.67 Å². The fraction of sp³-hybridized carbons (Fsp3) is 0.217. The fourth-order valence-electron chi connectivity index (χ4n) is 3.44. The van der Waals surface area contributed by atoms with Crippen molar-refractivity contribution < 1.29 is 4.79 Å². The Labute approximate surface area is 200 Å². The number of carbonyl (C=O) groups is 1. The average molecular weight is 479 g/mol. The van der Waals surface area contributed by atoms with Crippen LogP contribution in [0.15, 0.2) is 65.8 Å². The van der Waals surface area contributed by atoms with Gasteiger partial charge in [0.15, 0.2) is 5.82 Å². The molecule has 0 saturated heterocycles. The number of hydrogen-bond donors (Lipinski definition) is 2. The Bertz CT molecular complexity index is 1320. The molecule has 174 valence electrons. The summed E-state index contributed by atoms with van der Waals surface area (Å²) >= 11 is 6.13. The van der Waals surface area contributed by atoms with Crippen LogP contribution in [0, 0.1) is 6.92 Å². The third kappa shape index (κ3) is 5.65. The van der Waals surface area contributed by atoms with Crippen molar-refractivity contribution in [1.29, 1.82) is 0 Å². The van der Waals surface area contributed by atoms with E-state index in [9.17, 15) is 9.59 Å². The van der Waals surface area contributed by atoms with E-state index in [1.165, 1.54) is 15.6 Å². The van der Waals surface area contributed by atoms with Crippen molar-refractivity contribution in [3.8, 4) is 5.69 Å². The molecule has 0 saturated carbocycles. The van der Waals surface area contributed by atoms with Gasteiger partial charge in [-0.05, 0) is 53.1 Å². The number of amides is 1. The summed E-state index contributed by atoms with van der Waals surface area (Å²) in [6.45, 7) is 2.34. The third-order valence-corrected chi connectivity index (χ3v) is 5.45. The number of carbonyl (C=O) groups excluding carboxylic acids is 1. The number of rotatable bonds is 9. The number of hydrogen-bond acceptors (Lipinski definition) is 7. The minimum absolute atomic E-state index is 0.138. The molecule has 0 bridgehead atoms. The lowest BCUT2D eigenvalue weighted by Gasteiger charge is -2.14. The number of halogens is 1. The minimum atomic E-state index is -0.347. The molecule has 2 aromatic carbocycles. The summed E-state index contributed by atoms with van der Waals surface area (Å²) in [7, 11) is 0. The Morgan fingerprint density at radius 3 is 2.74 bits per heavy atom. The highest BCUT2D eigenvalue weighted by Crippen LogP contribution is 2.18. The normalized spacial score (nSPS) is 10.8. The van der Waals surface area contributed by atoms with Crippen molar-refractivity contribution in [2.75, 3.05) is 11.9 Å². The van der Waals surface area contributed by atoms with Crippen molar-refractivity contribution in [3.05, 3.63) is 93.3 Å².